The maximum Gasteiger partial charge on any atom is 0.261 e. The number of thiophene rings is 1. The van der Waals surface area contributed by atoms with Gasteiger partial charge in [-0.25, -0.2) is 0 Å². The lowest BCUT2D eigenvalue weighted by molar-refractivity contribution is 0.0949. The van der Waals surface area contributed by atoms with Crippen molar-refractivity contribution in [1.82, 2.24) is 10.6 Å². The Morgan fingerprint density at radius 1 is 1.53 bits per heavy atom. The van der Waals surface area contributed by atoms with Crippen LogP contribution in [0.3, 0.4) is 0 Å². The summed E-state index contributed by atoms with van der Waals surface area (Å²) in [6.45, 7) is 1.79. The third kappa shape index (κ3) is 2.58. The normalized spacial score (nSPS) is 17.4. The molecule has 0 aromatic carbocycles. The van der Waals surface area contributed by atoms with Crippen LogP contribution in [0.5, 0.6) is 0 Å². The fourth-order valence-electron chi connectivity index (χ4n) is 1.73. The lowest BCUT2D eigenvalue weighted by atomic mass is 10.1. The predicted molar refractivity (Wildman–Crippen MR) is 62.2 cm³/mol. The van der Waals surface area contributed by atoms with E-state index in [1.54, 1.807) is 0 Å². The van der Waals surface area contributed by atoms with Crippen molar-refractivity contribution in [3.05, 3.63) is 22.4 Å². The van der Waals surface area contributed by atoms with Crippen LogP contribution in [0.15, 0.2) is 17.5 Å². The van der Waals surface area contributed by atoms with E-state index in [0.717, 1.165) is 18.0 Å². The van der Waals surface area contributed by atoms with Gasteiger partial charge in [-0.3, -0.25) is 4.79 Å². The molecule has 1 aromatic rings. The number of carbonyl (C=O) groups is 1. The third-order valence-electron chi connectivity index (χ3n) is 2.88. The number of carbonyl (C=O) groups excluding carboxylic acids is 1. The number of nitrogens with one attached hydrogen (secondary N) is 2. The molecule has 0 spiro atoms. The number of amides is 1. The molecule has 1 aromatic heterocycles. The fraction of sp³-hybridized carbons (Fsp3) is 0.545. The highest BCUT2D eigenvalue weighted by molar-refractivity contribution is 7.12. The Kier molecular flexibility index (Phi) is 3.07. The second-order valence-electron chi connectivity index (χ2n) is 4.19. The van der Waals surface area contributed by atoms with Gasteiger partial charge < -0.3 is 10.6 Å². The molecule has 1 saturated carbocycles. The van der Waals surface area contributed by atoms with Gasteiger partial charge in [0, 0.05) is 18.5 Å². The Balaban J connectivity index is 1.81. The minimum Gasteiger partial charge on any atom is -0.351 e. The average Bonchev–Trinajstić information content (AvgIpc) is 2.81. The summed E-state index contributed by atoms with van der Waals surface area (Å²) in [6, 6.07) is 3.76. The Hall–Kier alpha value is -0.870. The van der Waals surface area contributed by atoms with Gasteiger partial charge in [0.2, 0.25) is 0 Å². The number of hydrogen-bond donors (Lipinski definition) is 2. The van der Waals surface area contributed by atoms with Gasteiger partial charge >= 0.3 is 0 Å². The maximum absolute atomic E-state index is 11.7. The van der Waals surface area contributed by atoms with E-state index in [0.29, 0.717) is 5.41 Å². The van der Waals surface area contributed by atoms with Crippen LogP contribution in [0.4, 0.5) is 0 Å². The summed E-state index contributed by atoms with van der Waals surface area (Å²) in [5, 5.41) is 8.11. The van der Waals surface area contributed by atoms with Crippen molar-refractivity contribution in [3.8, 4) is 0 Å². The van der Waals surface area contributed by atoms with E-state index >= 15 is 0 Å². The Morgan fingerprint density at radius 2 is 2.33 bits per heavy atom. The zero-order chi connectivity index (χ0) is 10.7. The van der Waals surface area contributed by atoms with Gasteiger partial charge in [0.05, 0.1) is 4.88 Å². The zero-order valence-corrected chi connectivity index (χ0v) is 9.69. The maximum atomic E-state index is 11.7. The molecule has 0 radical (unpaired) electrons. The molecular weight excluding hydrogens is 208 g/mol. The van der Waals surface area contributed by atoms with E-state index in [2.05, 4.69) is 10.6 Å². The highest BCUT2D eigenvalue weighted by Gasteiger charge is 2.41. The van der Waals surface area contributed by atoms with Crippen LogP contribution in [0.25, 0.3) is 0 Å². The minimum absolute atomic E-state index is 0.0624. The van der Waals surface area contributed by atoms with Crippen molar-refractivity contribution < 1.29 is 4.79 Å². The van der Waals surface area contributed by atoms with E-state index in [1.807, 2.05) is 24.6 Å². The van der Waals surface area contributed by atoms with Crippen LogP contribution in [0.2, 0.25) is 0 Å². The molecule has 1 aliphatic rings. The first-order valence-corrected chi connectivity index (χ1v) is 6.10. The molecule has 0 bridgehead atoms. The summed E-state index contributed by atoms with van der Waals surface area (Å²) >= 11 is 1.49. The summed E-state index contributed by atoms with van der Waals surface area (Å²) in [4.78, 5) is 12.5. The fourth-order valence-corrected chi connectivity index (χ4v) is 2.37. The summed E-state index contributed by atoms with van der Waals surface area (Å²) in [6.07, 6.45) is 2.44. The van der Waals surface area contributed by atoms with Gasteiger partial charge in [0.1, 0.15) is 0 Å². The molecule has 0 saturated heterocycles. The molecule has 1 heterocycles. The van der Waals surface area contributed by atoms with E-state index in [9.17, 15) is 4.79 Å². The summed E-state index contributed by atoms with van der Waals surface area (Å²) in [7, 11) is 1.96. The lowest BCUT2D eigenvalue weighted by Crippen LogP contribution is -2.34. The third-order valence-corrected chi connectivity index (χ3v) is 3.75. The Labute approximate surface area is 93.9 Å². The van der Waals surface area contributed by atoms with Gasteiger partial charge in [-0.1, -0.05) is 6.07 Å². The molecule has 2 rings (SSSR count). The summed E-state index contributed by atoms with van der Waals surface area (Å²) < 4.78 is 0. The Bertz CT molecular complexity index is 330. The van der Waals surface area contributed by atoms with Crippen molar-refractivity contribution in [2.24, 2.45) is 5.41 Å². The van der Waals surface area contributed by atoms with Crippen molar-refractivity contribution in [2.45, 2.75) is 12.8 Å². The molecule has 4 heteroatoms. The topological polar surface area (TPSA) is 41.1 Å². The molecule has 2 N–H and O–H groups in total. The van der Waals surface area contributed by atoms with E-state index in [-0.39, 0.29) is 5.91 Å². The molecule has 1 fully saturated rings. The quantitative estimate of drug-likeness (QED) is 0.795. The second kappa shape index (κ2) is 4.33. The van der Waals surface area contributed by atoms with E-state index in [1.165, 1.54) is 24.2 Å². The molecule has 0 unspecified atom stereocenters. The first-order chi connectivity index (χ1) is 7.26. The smallest absolute Gasteiger partial charge is 0.261 e. The lowest BCUT2D eigenvalue weighted by Gasteiger charge is -2.14. The highest BCUT2D eigenvalue weighted by atomic mass is 32.1. The molecule has 1 amide bonds. The molecule has 3 nitrogen and oxygen atoms in total. The first kappa shape index (κ1) is 10.6. The molecular formula is C11H16N2OS. The Morgan fingerprint density at radius 3 is 2.87 bits per heavy atom. The van der Waals surface area contributed by atoms with Gasteiger partial charge in [0.25, 0.3) is 5.91 Å². The largest absolute Gasteiger partial charge is 0.351 e. The van der Waals surface area contributed by atoms with E-state index < -0.39 is 0 Å². The molecule has 1 aliphatic carbocycles. The van der Waals surface area contributed by atoms with Crippen molar-refractivity contribution in [2.75, 3.05) is 20.1 Å². The van der Waals surface area contributed by atoms with Crippen molar-refractivity contribution in [1.29, 1.82) is 0 Å². The average molecular weight is 224 g/mol. The van der Waals surface area contributed by atoms with Crippen LogP contribution < -0.4 is 10.6 Å². The van der Waals surface area contributed by atoms with Gasteiger partial charge in [0.15, 0.2) is 0 Å². The van der Waals surface area contributed by atoms with Gasteiger partial charge in [-0.05, 0) is 31.3 Å². The van der Waals surface area contributed by atoms with Gasteiger partial charge in [-0.15, -0.1) is 11.3 Å². The zero-order valence-electron chi connectivity index (χ0n) is 8.88. The molecule has 82 valence electrons. The van der Waals surface area contributed by atoms with E-state index in [4.69, 9.17) is 0 Å². The number of rotatable bonds is 5. The molecule has 0 aliphatic heterocycles. The predicted octanol–water partition coefficient (Wildman–Crippen LogP) is 1.48. The minimum atomic E-state index is 0.0624. The monoisotopic (exact) mass is 224 g/mol. The summed E-state index contributed by atoms with van der Waals surface area (Å²) in [5.41, 5.74) is 0.335. The van der Waals surface area contributed by atoms with Crippen LogP contribution in [0, 0.1) is 5.41 Å². The molecule has 15 heavy (non-hydrogen) atoms. The molecule has 0 atom stereocenters. The van der Waals surface area contributed by atoms with Crippen LogP contribution in [0.1, 0.15) is 22.5 Å². The highest BCUT2D eigenvalue weighted by Crippen LogP contribution is 2.44. The SMILES string of the molecule is CNCC1(CNC(=O)c2cccs2)CC1. The van der Waals surface area contributed by atoms with Crippen molar-refractivity contribution in [3.63, 3.8) is 0 Å². The van der Waals surface area contributed by atoms with Crippen LogP contribution >= 0.6 is 11.3 Å². The first-order valence-electron chi connectivity index (χ1n) is 5.22. The van der Waals surface area contributed by atoms with Gasteiger partial charge in [-0.2, -0.15) is 0 Å². The number of hydrogen-bond acceptors (Lipinski definition) is 3. The van der Waals surface area contributed by atoms with Crippen LogP contribution in [-0.4, -0.2) is 26.0 Å². The standard InChI is InChI=1S/C11H16N2OS/c1-12-7-11(4-5-11)8-13-10(14)9-3-2-6-15-9/h2-3,6,12H,4-5,7-8H2,1H3,(H,13,14). The summed E-state index contributed by atoms with van der Waals surface area (Å²) in [5.74, 6) is 0.0624. The van der Waals surface area contributed by atoms with Crippen molar-refractivity contribution >= 4 is 17.2 Å². The van der Waals surface area contributed by atoms with Crippen LogP contribution in [-0.2, 0) is 0 Å². The second-order valence-corrected chi connectivity index (χ2v) is 5.14.